The molecule has 0 radical (unpaired) electrons. The van der Waals surface area contributed by atoms with Crippen LogP contribution in [0.4, 0.5) is 5.69 Å². The van der Waals surface area contributed by atoms with Gasteiger partial charge in [0.2, 0.25) is 0 Å². The summed E-state index contributed by atoms with van der Waals surface area (Å²) in [4.78, 5) is 12.6. The average Bonchev–Trinajstić information content (AvgIpc) is 2.74. The second-order valence-corrected chi connectivity index (χ2v) is 9.30. The lowest BCUT2D eigenvalue weighted by atomic mass is 10.2. The molecule has 8 heteroatoms. The minimum atomic E-state index is -3.98. The molecule has 0 aliphatic heterocycles. The summed E-state index contributed by atoms with van der Waals surface area (Å²) < 4.78 is 27.6. The van der Waals surface area contributed by atoms with Gasteiger partial charge in [-0.2, -0.15) is 5.10 Å². The molecule has 0 aliphatic rings. The third-order valence-electron chi connectivity index (χ3n) is 4.49. The maximum atomic E-state index is 13.3. The Morgan fingerprint density at radius 2 is 1.48 bits per heavy atom. The van der Waals surface area contributed by atoms with E-state index < -0.39 is 22.5 Å². The molecule has 0 saturated heterocycles. The Balaban J connectivity index is 1.82. The topological polar surface area (TPSA) is 78.8 Å². The molecule has 0 heterocycles. The highest BCUT2D eigenvalue weighted by Gasteiger charge is 2.27. The number of hydrogen-bond acceptors (Lipinski definition) is 4. The molecule has 3 aromatic carbocycles. The quantitative estimate of drug-likeness (QED) is 0.426. The van der Waals surface area contributed by atoms with Crippen molar-refractivity contribution in [2.75, 3.05) is 10.8 Å². The predicted octanol–water partition coefficient (Wildman–Crippen LogP) is 4.30. The summed E-state index contributed by atoms with van der Waals surface area (Å²) >= 11 is 5.94. The molecule has 3 rings (SSSR count). The molecule has 0 fully saturated rings. The number of rotatable bonds is 7. The Morgan fingerprint density at radius 3 is 2.06 bits per heavy atom. The van der Waals surface area contributed by atoms with Gasteiger partial charge in [0.15, 0.2) is 0 Å². The normalized spacial score (nSPS) is 11.5. The van der Waals surface area contributed by atoms with E-state index in [1.807, 2.05) is 38.1 Å². The van der Waals surface area contributed by atoms with Gasteiger partial charge in [0.05, 0.1) is 16.8 Å². The third kappa shape index (κ3) is 5.93. The van der Waals surface area contributed by atoms with Crippen LogP contribution < -0.4 is 9.73 Å². The Hall–Kier alpha value is -3.16. The Bertz CT molecular complexity index is 1170. The number of hydrogen-bond donors (Lipinski definition) is 1. The van der Waals surface area contributed by atoms with Gasteiger partial charge in [-0.3, -0.25) is 9.10 Å². The summed E-state index contributed by atoms with van der Waals surface area (Å²) in [5.41, 5.74) is 5.57. The summed E-state index contributed by atoms with van der Waals surface area (Å²) in [5.74, 6) is -0.575. The number of amides is 1. The van der Waals surface area contributed by atoms with Crippen LogP contribution in [0.25, 0.3) is 0 Å². The van der Waals surface area contributed by atoms with Crippen LogP contribution in [-0.2, 0) is 14.8 Å². The Morgan fingerprint density at radius 1 is 0.935 bits per heavy atom. The number of nitrogens with one attached hydrogen (secondary N) is 1. The number of carbonyl (C=O) groups is 1. The van der Waals surface area contributed by atoms with Gasteiger partial charge in [-0.1, -0.05) is 59.1 Å². The fourth-order valence-electron chi connectivity index (χ4n) is 2.76. The van der Waals surface area contributed by atoms with Crippen molar-refractivity contribution in [1.82, 2.24) is 5.43 Å². The maximum absolute atomic E-state index is 13.3. The average molecular weight is 456 g/mol. The number of carbonyl (C=O) groups excluding carboxylic acids is 1. The number of halogens is 1. The number of aryl methyl sites for hydroxylation is 2. The zero-order valence-electron chi connectivity index (χ0n) is 17.1. The molecular formula is C23H22ClN3O3S. The van der Waals surface area contributed by atoms with Crippen molar-refractivity contribution in [2.45, 2.75) is 18.7 Å². The van der Waals surface area contributed by atoms with Crippen LogP contribution >= 0.6 is 11.6 Å². The molecule has 1 amide bonds. The fraction of sp³-hybridized carbons (Fsp3) is 0.130. The summed E-state index contributed by atoms with van der Waals surface area (Å²) in [6, 6.07) is 20.3. The van der Waals surface area contributed by atoms with Crippen molar-refractivity contribution in [3.05, 3.63) is 94.5 Å². The second-order valence-electron chi connectivity index (χ2n) is 7.01. The standard InChI is InChI=1S/C23H22ClN3O3S/c1-17-3-7-19(8-4-17)15-25-26-23(28)16-27(21-11-9-20(24)10-12-21)31(29,30)22-13-5-18(2)6-14-22/h3-15H,16H2,1-2H3,(H,26,28)/b25-15-. The molecule has 0 aromatic heterocycles. The van der Waals surface area contributed by atoms with E-state index >= 15 is 0 Å². The molecule has 0 aliphatic carbocycles. The van der Waals surface area contributed by atoms with Crippen LogP contribution in [0.1, 0.15) is 16.7 Å². The van der Waals surface area contributed by atoms with Crippen molar-refractivity contribution in [1.29, 1.82) is 0 Å². The first-order chi connectivity index (χ1) is 14.8. The summed E-state index contributed by atoms with van der Waals surface area (Å²) in [5, 5.41) is 4.39. The van der Waals surface area contributed by atoms with Crippen LogP contribution in [0.5, 0.6) is 0 Å². The third-order valence-corrected chi connectivity index (χ3v) is 6.53. The lowest BCUT2D eigenvalue weighted by Crippen LogP contribution is -2.39. The van der Waals surface area contributed by atoms with Crippen molar-refractivity contribution < 1.29 is 13.2 Å². The highest BCUT2D eigenvalue weighted by Crippen LogP contribution is 2.25. The van der Waals surface area contributed by atoms with E-state index in [0.29, 0.717) is 10.7 Å². The van der Waals surface area contributed by atoms with Crippen molar-refractivity contribution in [3.8, 4) is 0 Å². The minimum absolute atomic E-state index is 0.0870. The molecule has 0 spiro atoms. The number of sulfonamides is 1. The van der Waals surface area contributed by atoms with Gasteiger partial charge in [0.1, 0.15) is 6.54 Å². The van der Waals surface area contributed by atoms with Crippen LogP contribution in [0, 0.1) is 13.8 Å². The fourth-order valence-corrected chi connectivity index (χ4v) is 4.30. The molecule has 1 N–H and O–H groups in total. The Kier molecular flexibility index (Phi) is 7.09. The zero-order valence-corrected chi connectivity index (χ0v) is 18.7. The monoisotopic (exact) mass is 455 g/mol. The number of hydrazone groups is 1. The second kappa shape index (κ2) is 9.76. The lowest BCUT2D eigenvalue weighted by Gasteiger charge is -2.23. The van der Waals surface area contributed by atoms with Crippen LogP contribution in [0.15, 0.2) is 82.8 Å². The first-order valence-electron chi connectivity index (χ1n) is 9.49. The highest BCUT2D eigenvalue weighted by molar-refractivity contribution is 7.92. The van der Waals surface area contributed by atoms with Gasteiger partial charge < -0.3 is 0 Å². The van der Waals surface area contributed by atoms with E-state index in [0.717, 1.165) is 21.0 Å². The van der Waals surface area contributed by atoms with Crippen molar-refractivity contribution in [2.24, 2.45) is 5.10 Å². The summed E-state index contributed by atoms with van der Waals surface area (Å²) in [6.07, 6.45) is 1.50. The van der Waals surface area contributed by atoms with E-state index in [1.165, 1.54) is 18.3 Å². The van der Waals surface area contributed by atoms with Crippen LogP contribution in [-0.4, -0.2) is 27.1 Å². The number of benzene rings is 3. The molecule has 31 heavy (non-hydrogen) atoms. The van der Waals surface area contributed by atoms with Crippen LogP contribution in [0.3, 0.4) is 0 Å². The summed E-state index contributed by atoms with van der Waals surface area (Å²) in [7, 11) is -3.98. The van der Waals surface area contributed by atoms with Gasteiger partial charge in [0.25, 0.3) is 15.9 Å². The first kappa shape index (κ1) is 22.5. The predicted molar refractivity (Wildman–Crippen MR) is 124 cm³/mol. The first-order valence-corrected chi connectivity index (χ1v) is 11.3. The van der Waals surface area contributed by atoms with Crippen molar-refractivity contribution >= 4 is 39.4 Å². The van der Waals surface area contributed by atoms with E-state index in [2.05, 4.69) is 10.5 Å². The van der Waals surface area contributed by atoms with Crippen LogP contribution in [0.2, 0.25) is 5.02 Å². The molecule has 0 atom stereocenters. The van der Waals surface area contributed by atoms with Gasteiger partial charge >= 0.3 is 0 Å². The largest absolute Gasteiger partial charge is 0.271 e. The van der Waals surface area contributed by atoms with Gasteiger partial charge in [-0.15, -0.1) is 0 Å². The van der Waals surface area contributed by atoms with Gasteiger partial charge in [-0.25, -0.2) is 13.8 Å². The molecule has 0 bridgehead atoms. The smallest absolute Gasteiger partial charge is 0.264 e. The Labute approximate surface area is 187 Å². The van der Waals surface area contributed by atoms with E-state index in [-0.39, 0.29) is 4.90 Å². The molecule has 160 valence electrons. The molecule has 3 aromatic rings. The molecule has 0 saturated carbocycles. The number of nitrogens with zero attached hydrogens (tertiary/aromatic N) is 2. The van der Waals surface area contributed by atoms with Gasteiger partial charge in [0, 0.05) is 5.02 Å². The zero-order chi connectivity index (χ0) is 22.4. The molecule has 6 nitrogen and oxygen atoms in total. The van der Waals surface area contributed by atoms with E-state index in [9.17, 15) is 13.2 Å². The van der Waals surface area contributed by atoms with Gasteiger partial charge in [-0.05, 0) is 55.8 Å². The maximum Gasteiger partial charge on any atom is 0.264 e. The SMILES string of the molecule is Cc1ccc(/C=N\NC(=O)CN(c2ccc(Cl)cc2)S(=O)(=O)c2ccc(C)cc2)cc1. The van der Waals surface area contributed by atoms with E-state index in [4.69, 9.17) is 11.6 Å². The minimum Gasteiger partial charge on any atom is -0.271 e. The van der Waals surface area contributed by atoms with Crippen molar-refractivity contribution in [3.63, 3.8) is 0 Å². The number of anilines is 1. The highest BCUT2D eigenvalue weighted by atomic mass is 35.5. The molecular weight excluding hydrogens is 434 g/mol. The molecule has 0 unspecified atom stereocenters. The van der Waals surface area contributed by atoms with E-state index in [1.54, 1.807) is 36.4 Å². The lowest BCUT2D eigenvalue weighted by molar-refractivity contribution is -0.119. The summed E-state index contributed by atoms with van der Waals surface area (Å²) in [6.45, 7) is 3.40.